The molecule has 1 heterocycles. The van der Waals surface area contributed by atoms with Gasteiger partial charge in [-0.25, -0.2) is 0 Å². The zero-order chi connectivity index (χ0) is 28.8. The molecule has 0 saturated heterocycles. The first-order valence-electron chi connectivity index (χ1n) is 14.7. The van der Waals surface area contributed by atoms with E-state index < -0.39 is 11.4 Å². The highest BCUT2D eigenvalue weighted by molar-refractivity contribution is 5.74. The minimum Gasteiger partial charge on any atom is -0.481 e. The number of anilines is 1. The molecular weight excluding hydrogens is 496 g/mol. The second kappa shape index (κ2) is 16.0. The van der Waals surface area contributed by atoms with Crippen molar-refractivity contribution in [2.24, 2.45) is 5.41 Å². The quantitative estimate of drug-likeness (QED) is 0.167. The second-order valence-electron chi connectivity index (χ2n) is 10.9. The molecule has 5 nitrogen and oxygen atoms in total. The lowest BCUT2D eigenvalue weighted by molar-refractivity contribution is -0.149. The molecule has 0 aliphatic heterocycles. The molecule has 2 N–H and O–H groups in total. The van der Waals surface area contributed by atoms with Crippen LogP contribution in [-0.4, -0.2) is 29.2 Å². The molecule has 214 valence electrons. The van der Waals surface area contributed by atoms with Crippen LogP contribution in [0.4, 0.5) is 5.69 Å². The molecule has 3 rings (SSSR count). The van der Waals surface area contributed by atoms with Gasteiger partial charge in [-0.05, 0) is 91.5 Å². The van der Waals surface area contributed by atoms with E-state index in [0.717, 1.165) is 48.5 Å². The van der Waals surface area contributed by atoms with Crippen LogP contribution in [-0.2, 0) is 22.6 Å². The molecule has 0 saturated carbocycles. The number of nitrogens with zero attached hydrogens (tertiary/aromatic N) is 1. The number of benzene rings is 2. The molecule has 0 fully saturated rings. The summed E-state index contributed by atoms with van der Waals surface area (Å²) < 4.78 is 5.90. The average Bonchev–Trinajstić information content (AvgIpc) is 2.97. The van der Waals surface area contributed by atoms with Crippen LogP contribution in [0.5, 0.6) is 0 Å². The van der Waals surface area contributed by atoms with Crippen LogP contribution in [0.15, 0.2) is 66.7 Å². The summed E-state index contributed by atoms with van der Waals surface area (Å²) in [4.78, 5) is 16.5. The van der Waals surface area contributed by atoms with Crippen molar-refractivity contribution < 1.29 is 14.6 Å². The summed E-state index contributed by atoms with van der Waals surface area (Å²) in [6.07, 6.45) is 9.15. The lowest BCUT2D eigenvalue weighted by atomic mass is 9.79. The minimum absolute atomic E-state index is 0.511. The summed E-state index contributed by atoms with van der Waals surface area (Å²) in [7, 11) is 0. The van der Waals surface area contributed by atoms with Crippen molar-refractivity contribution in [1.82, 2.24) is 4.98 Å². The van der Waals surface area contributed by atoms with E-state index in [9.17, 15) is 9.90 Å². The van der Waals surface area contributed by atoms with Crippen molar-refractivity contribution in [3.05, 3.63) is 94.8 Å². The van der Waals surface area contributed by atoms with Crippen LogP contribution >= 0.6 is 0 Å². The Morgan fingerprint density at radius 1 is 1.00 bits per heavy atom. The van der Waals surface area contributed by atoms with Gasteiger partial charge in [0.25, 0.3) is 0 Å². The highest BCUT2D eigenvalue weighted by atomic mass is 16.5. The van der Waals surface area contributed by atoms with Crippen molar-refractivity contribution in [1.29, 1.82) is 0 Å². The van der Waals surface area contributed by atoms with E-state index in [1.165, 1.54) is 11.1 Å². The van der Waals surface area contributed by atoms with Crippen LogP contribution in [0.1, 0.15) is 93.8 Å². The van der Waals surface area contributed by atoms with Gasteiger partial charge in [-0.15, -0.1) is 0 Å². The normalized spacial score (nSPS) is 11.8. The van der Waals surface area contributed by atoms with Gasteiger partial charge in [0, 0.05) is 18.8 Å². The molecule has 40 heavy (non-hydrogen) atoms. The van der Waals surface area contributed by atoms with E-state index in [1.54, 1.807) is 0 Å². The Hall–Kier alpha value is -3.44. The summed E-state index contributed by atoms with van der Waals surface area (Å²) in [6.45, 7) is 10.2. The minimum atomic E-state index is -0.709. The lowest BCUT2D eigenvalue weighted by Crippen LogP contribution is -2.31. The van der Waals surface area contributed by atoms with Crippen LogP contribution in [0.3, 0.4) is 0 Å². The molecule has 0 spiro atoms. The van der Waals surface area contributed by atoms with Crippen molar-refractivity contribution in [3.63, 3.8) is 0 Å². The maximum atomic E-state index is 11.7. The fourth-order valence-electron chi connectivity index (χ4n) is 4.84. The molecule has 0 aliphatic carbocycles. The number of rotatable bonds is 17. The molecule has 2 aromatic carbocycles. The Bertz CT molecular complexity index is 1210. The third-order valence-corrected chi connectivity index (χ3v) is 7.80. The SMILES string of the molecule is CCC(CC)(CCNc1cccc(C=Cc2cccc(COCCCCc3ccc(C(C)C)cc3)n2)c1)C(=O)O. The molecule has 0 bridgehead atoms. The van der Waals surface area contributed by atoms with Crippen LogP contribution < -0.4 is 5.32 Å². The second-order valence-corrected chi connectivity index (χ2v) is 10.9. The number of aryl methyl sites for hydroxylation is 1. The Labute approximate surface area is 240 Å². The number of hydrogen-bond acceptors (Lipinski definition) is 4. The zero-order valence-electron chi connectivity index (χ0n) is 24.7. The fraction of sp³-hybridized carbons (Fsp3) is 0.429. The van der Waals surface area contributed by atoms with Gasteiger partial charge in [-0.3, -0.25) is 9.78 Å². The van der Waals surface area contributed by atoms with Gasteiger partial charge >= 0.3 is 5.97 Å². The number of carboxylic acid groups (broad SMARTS) is 1. The predicted octanol–water partition coefficient (Wildman–Crippen LogP) is 8.61. The first-order chi connectivity index (χ1) is 19.3. The summed E-state index contributed by atoms with van der Waals surface area (Å²) in [5.74, 6) is -0.136. The standard InChI is InChI=1S/C35H46N2O3/c1-5-35(6-2,34(38)39)22-23-36-32-14-9-12-29(25-32)18-21-31-13-10-15-33(37-31)26-40-24-8-7-11-28-16-19-30(20-17-28)27(3)4/h9-10,12-21,25,27,36H,5-8,11,22-24,26H2,1-4H3,(H,38,39). The number of carboxylic acids is 1. The zero-order valence-corrected chi connectivity index (χ0v) is 24.7. The number of unbranched alkanes of at least 4 members (excludes halogenated alkanes) is 1. The molecule has 0 aliphatic rings. The molecule has 0 amide bonds. The van der Waals surface area contributed by atoms with Gasteiger partial charge in [0.05, 0.1) is 23.4 Å². The number of hydrogen-bond donors (Lipinski definition) is 2. The van der Waals surface area contributed by atoms with E-state index >= 15 is 0 Å². The molecule has 5 heteroatoms. The monoisotopic (exact) mass is 542 g/mol. The third-order valence-electron chi connectivity index (χ3n) is 7.80. The van der Waals surface area contributed by atoms with Gasteiger partial charge in [-0.1, -0.05) is 76.2 Å². The predicted molar refractivity (Wildman–Crippen MR) is 166 cm³/mol. The number of carbonyl (C=O) groups is 1. The molecule has 1 aromatic heterocycles. The van der Waals surface area contributed by atoms with Crippen molar-refractivity contribution in [3.8, 4) is 0 Å². The van der Waals surface area contributed by atoms with E-state index in [0.29, 0.717) is 38.3 Å². The number of ether oxygens (including phenoxy) is 1. The van der Waals surface area contributed by atoms with Gasteiger partial charge in [0.2, 0.25) is 0 Å². The Balaban J connectivity index is 1.42. The molecular formula is C35H46N2O3. The number of nitrogens with one attached hydrogen (secondary N) is 1. The average molecular weight is 543 g/mol. The van der Waals surface area contributed by atoms with Crippen LogP contribution in [0.25, 0.3) is 12.2 Å². The van der Waals surface area contributed by atoms with Crippen LogP contribution in [0.2, 0.25) is 0 Å². The third kappa shape index (κ3) is 9.63. The Kier molecular flexibility index (Phi) is 12.4. The Morgan fingerprint density at radius 3 is 2.45 bits per heavy atom. The summed E-state index contributed by atoms with van der Waals surface area (Å²) in [5.41, 5.74) is 5.98. The summed E-state index contributed by atoms with van der Waals surface area (Å²) >= 11 is 0. The van der Waals surface area contributed by atoms with Crippen molar-refractivity contribution in [2.75, 3.05) is 18.5 Å². The largest absolute Gasteiger partial charge is 0.481 e. The van der Waals surface area contributed by atoms with E-state index in [2.05, 4.69) is 49.5 Å². The molecule has 3 aromatic rings. The molecule has 0 unspecified atom stereocenters. The van der Waals surface area contributed by atoms with E-state index in [-0.39, 0.29) is 0 Å². The van der Waals surface area contributed by atoms with Gasteiger partial charge in [-0.2, -0.15) is 0 Å². The Morgan fingerprint density at radius 2 is 1.75 bits per heavy atom. The van der Waals surface area contributed by atoms with Crippen molar-refractivity contribution >= 4 is 23.8 Å². The smallest absolute Gasteiger partial charge is 0.309 e. The van der Waals surface area contributed by atoms with Gasteiger partial charge in [0.15, 0.2) is 0 Å². The van der Waals surface area contributed by atoms with E-state index in [4.69, 9.17) is 9.72 Å². The number of pyridine rings is 1. The first kappa shape index (κ1) is 31.1. The van der Waals surface area contributed by atoms with Gasteiger partial charge < -0.3 is 15.2 Å². The highest BCUT2D eigenvalue weighted by Crippen LogP contribution is 2.31. The summed E-state index contributed by atoms with van der Waals surface area (Å²) in [5, 5.41) is 13.0. The molecule has 0 radical (unpaired) electrons. The first-order valence-corrected chi connectivity index (χ1v) is 14.7. The summed E-state index contributed by atoms with van der Waals surface area (Å²) in [6, 6.07) is 23.1. The van der Waals surface area contributed by atoms with E-state index in [1.807, 2.05) is 62.4 Å². The maximum Gasteiger partial charge on any atom is 0.309 e. The topological polar surface area (TPSA) is 71.5 Å². The molecule has 0 atom stereocenters. The van der Waals surface area contributed by atoms with Gasteiger partial charge in [0.1, 0.15) is 0 Å². The maximum absolute atomic E-state index is 11.7. The highest BCUT2D eigenvalue weighted by Gasteiger charge is 2.34. The number of aliphatic carboxylic acids is 1. The fourth-order valence-corrected chi connectivity index (χ4v) is 4.84. The van der Waals surface area contributed by atoms with Crippen LogP contribution in [0, 0.1) is 5.41 Å². The number of aromatic nitrogens is 1. The van der Waals surface area contributed by atoms with Crippen molar-refractivity contribution in [2.45, 2.75) is 78.7 Å². The lowest BCUT2D eigenvalue weighted by Gasteiger charge is -2.26.